The predicted molar refractivity (Wildman–Crippen MR) is 118 cm³/mol. The highest BCUT2D eigenvalue weighted by Gasteiger charge is 2.28. The normalized spacial score (nSPS) is 17.0. The lowest BCUT2D eigenvalue weighted by Gasteiger charge is -2.32. The second-order valence-electron chi connectivity index (χ2n) is 7.78. The van der Waals surface area contributed by atoms with Gasteiger partial charge < -0.3 is 14.5 Å². The molecule has 0 radical (unpaired) electrons. The standard InChI is InChI=1S/C20H25IN6O3/c1-13(28)26-8-5-17-16(12-26)18(21)24-27(17)11-14-3-6-25(7-4-14)20-22-9-15(10-23-20)19(29)30-2/h9-10,14H,3-8,11-12H2,1-2H3. The number of hydrogen-bond acceptors (Lipinski definition) is 7. The van der Waals surface area contributed by atoms with Gasteiger partial charge in [0.05, 0.1) is 19.2 Å². The van der Waals surface area contributed by atoms with Crippen molar-refractivity contribution in [1.29, 1.82) is 0 Å². The summed E-state index contributed by atoms with van der Waals surface area (Å²) < 4.78 is 7.86. The van der Waals surface area contributed by atoms with E-state index in [4.69, 9.17) is 9.84 Å². The summed E-state index contributed by atoms with van der Waals surface area (Å²) in [5, 5.41) is 4.77. The molecule has 2 aromatic rings. The highest BCUT2D eigenvalue weighted by atomic mass is 127. The minimum absolute atomic E-state index is 0.124. The van der Waals surface area contributed by atoms with Gasteiger partial charge in [-0.05, 0) is 41.4 Å². The Bertz CT molecular complexity index is 937. The SMILES string of the molecule is COC(=O)c1cnc(N2CCC(Cn3nc(I)c4c3CCN(C(C)=O)C4)CC2)nc1. The topological polar surface area (TPSA) is 93.5 Å². The zero-order valence-corrected chi connectivity index (χ0v) is 19.3. The molecule has 1 amide bonds. The van der Waals surface area contributed by atoms with Gasteiger partial charge >= 0.3 is 5.97 Å². The first kappa shape index (κ1) is 21.0. The molecular weight excluding hydrogens is 499 g/mol. The number of aromatic nitrogens is 4. The second kappa shape index (κ2) is 8.86. The van der Waals surface area contributed by atoms with Gasteiger partial charge in [0.25, 0.3) is 0 Å². The van der Waals surface area contributed by atoms with E-state index in [1.54, 1.807) is 6.92 Å². The Morgan fingerprint density at radius 2 is 1.90 bits per heavy atom. The van der Waals surface area contributed by atoms with Crippen molar-refractivity contribution in [3.05, 3.63) is 32.9 Å². The van der Waals surface area contributed by atoms with Crippen LogP contribution in [0.5, 0.6) is 0 Å². The van der Waals surface area contributed by atoms with Crippen LogP contribution in [0.2, 0.25) is 0 Å². The van der Waals surface area contributed by atoms with Gasteiger partial charge in [-0.3, -0.25) is 9.48 Å². The minimum atomic E-state index is -0.427. The molecule has 0 aliphatic carbocycles. The predicted octanol–water partition coefficient (Wildman–Crippen LogP) is 1.89. The van der Waals surface area contributed by atoms with Crippen molar-refractivity contribution in [3.63, 3.8) is 0 Å². The van der Waals surface area contributed by atoms with Crippen LogP contribution in [-0.4, -0.2) is 63.3 Å². The summed E-state index contributed by atoms with van der Waals surface area (Å²) in [6, 6.07) is 0. The van der Waals surface area contributed by atoms with Crippen molar-refractivity contribution in [2.75, 3.05) is 31.6 Å². The van der Waals surface area contributed by atoms with Crippen molar-refractivity contribution in [2.45, 2.75) is 39.3 Å². The summed E-state index contributed by atoms with van der Waals surface area (Å²) in [7, 11) is 1.35. The van der Waals surface area contributed by atoms with E-state index in [1.807, 2.05) is 4.90 Å². The van der Waals surface area contributed by atoms with Gasteiger partial charge in [-0.25, -0.2) is 14.8 Å². The third-order valence-electron chi connectivity index (χ3n) is 5.92. The summed E-state index contributed by atoms with van der Waals surface area (Å²) in [5.41, 5.74) is 2.84. The molecule has 160 valence electrons. The van der Waals surface area contributed by atoms with Crippen LogP contribution >= 0.6 is 22.6 Å². The molecule has 0 bridgehead atoms. The van der Waals surface area contributed by atoms with Crippen molar-refractivity contribution < 1.29 is 14.3 Å². The first-order chi connectivity index (χ1) is 14.5. The third-order valence-corrected chi connectivity index (χ3v) is 6.78. The maximum atomic E-state index is 11.7. The largest absolute Gasteiger partial charge is 0.465 e. The molecule has 9 nitrogen and oxygen atoms in total. The molecule has 30 heavy (non-hydrogen) atoms. The lowest BCUT2D eigenvalue weighted by Crippen LogP contribution is -2.37. The number of esters is 1. The summed E-state index contributed by atoms with van der Waals surface area (Å²) >= 11 is 2.28. The number of carbonyl (C=O) groups excluding carboxylic acids is 2. The molecule has 1 saturated heterocycles. The molecule has 0 aromatic carbocycles. The maximum absolute atomic E-state index is 11.7. The Balaban J connectivity index is 1.36. The van der Waals surface area contributed by atoms with E-state index in [-0.39, 0.29) is 5.91 Å². The Kier molecular flexibility index (Phi) is 6.21. The van der Waals surface area contributed by atoms with Crippen LogP contribution < -0.4 is 4.90 Å². The van der Waals surface area contributed by atoms with Crippen LogP contribution in [0.15, 0.2) is 12.4 Å². The van der Waals surface area contributed by atoms with Gasteiger partial charge in [0, 0.05) is 63.2 Å². The average Bonchev–Trinajstić information content (AvgIpc) is 3.08. The molecular formula is C20H25IN6O3. The fourth-order valence-electron chi connectivity index (χ4n) is 4.14. The van der Waals surface area contributed by atoms with Gasteiger partial charge in [-0.1, -0.05) is 0 Å². The molecule has 0 spiro atoms. The fourth-order valence-corrected chi connectivity index (χ4v) is 4.88. The lowest BCUT2D eigenvalue weighted by molar-refractivity contribution is -0.129. The molecule has 1 fully saturated rings. The fraction of sp³-hybridized carbons (Fsp3) is 0.550. The lowest BCUT2D eigenvalue weighted by atomic mass is 9.96. The van der Waals surface area contributed by atoms with Gasteiger partial charge in [-0.15, -0.1) is 0 Å². The van der Waals surface area contributed by atoms with E-state index in [0.29, 0.717) is 24.0 Å². The number of halogens is 1. The highest BCUT2D eigenvalue weighted by molar-refractivity contribution is 14.1. The molecule has 0 N–H and O–H groups in total. The first-order valence-electron chi connectivity index (χ1n) is 10.1. The Labute approximate surface area is 188 Å². The van der Waals surface area contributed by atoms with Crippen molar-refractivity contribution in [1.82, 2.24) is 24.6 Å². The van der Waals surface area contributed by atoms with Gasteiger partial charge in [0.2, 0.25) is 11.9 Å². The van der Waals surface area contributed by atoms with Crippen molar-refractivity contribution in [2.24, 2.45) is 5.92 Å². The number of carbonyl (C=O) groups is 2. The number of nitrogens with zero attached hydrogens (tertiary/aromatic N) is 6. The van der Waals surface area contributed by atoms with Crippen LogP contribution in [0.1, 0.15) is 41.4 Å². The molecule has 0 unspecified atom stereocenters. The first-order valence-corrected chi connectivity index (χ1v) is 11.2. The molecule has 2 aliphatic heterocycles. The van der Waals surface area contributed by atoms with Crippen LogP contribution in [0.4, 0.5) is 5.95 Å². The summed E-state index contributed by atoms with van der Waals surface area (Å²) in [4.78, 5) is 35.9. The van der Waals surface area contributed by atoms with Crippen LogP contribution in [0.25, 0.3) is 0 Å². The van der Waals surface area contributed by atoms with Crippen molar-refractivity contribution in [3.8, 4) is 0 Å². The average molecular weight is 524 g/mol. The van der Waals surface area contributed by atoms with E-state index < -0.39 is 5.97 Å². The Morgan fingerprint density at radius 1 is 1.20 bits per heavy atom. The summed E-state index contributed by atoms with van der Waals surface area (Å²) in [6.45, 7) is 5.72. The number of hydrogen-bond donors (Lipinski definition) is 0. The second-order valence-corrected chi connectivity index (χ2v) is 8.80. The van der Waals surface area contributed by atoms with E-state index in [9.17, 15) is 9.59 Å². The van der Waals surface area contributed by atoms with E-state index in [2.05, 4.69) is 42.1 Å². The van der Waals surface area contributed by atoms with Gasteiger partial charge in [-0.2, -0.15) is 5.10 Å². The summed E-state index contributed by atoms with van der Waals surface area (Å²) in [5.74, 6) is 0.889. The molecule has 10 heteroatoms. The number of piperidine rings is 1. The number of fused-ring (bicyclic) bond motifs is 1. The van der Waals surface area contributed by atoms with Gasteiger partial charge in [0.1, 0.15) is 3.70 Å². The Morgan fingerprint density at radius 3 is 2.53 bits per heavy atom. The van der Waals surface area contributed by atoms with Crippen LogP contribution in [-0.2, 0) is 29.0 Å². The molecule has 0 saturated carbocycles. The minimum Gasteiger partial charge on any atom is -0.465 e. The van der Waals surface area contributed by atoms with E-state index in [0.717, 1.165) is 49.1 Å². The van der Waals surface area contributed by atoms with Crippen LogP contribution in [0, 0.1) is 9.62 Å². The number of amides is 1. The quantitative estimate of drug-likeness (QED) is 0.446. The highest BCUT2D eigenvalue weighted by Crippen LogP contribution is 2.27. The zero-order valence-electron chi connectivity index (χ0n) is 17.2. The zero-order chi connectivity index (χ0) is 21.3. The van der Waals surface area contributed by atoms with E-state index >= 15 is 0 Å². The molecule has 4 heterocycles. The number of rotatable bonds is 4. The number of anilines is 1. The Hall–Kier alpha value is -2.24. The molecule has 0 atom stereocenters. The smallest absolute Gasteiger partial charge is 0.341 e. The molecule has 2 aliphatic rings. The number of ether oxygens (including phenoxy) is 1. The molecule has 4 rings (SSSR count). The summed E-state index contributed by atoms with van der Waals surface area (Å²) in [6.07, 6.45) is 5.97. The monoisotopic (exact) mass is 524 g/mol. The van der Waals surface area contributed by atoms with Crippen molar-refractivity contribution >= 4 is 40.4 Å². The number of methoxy groups -OCH3 is 1. The van der Waals surface area contributed by atoms with Gasteiger partial charge in [0.15, 0.2) is 0 Å². The molecule has 2 aromatic heterocycles. The van der Waals surface area contributed by atoms with E-state index in [1.165, 1.54) is 30.8 Å². The van der Waals surface area contributed by atoms with Crippen LogP contribution in [0.3, 0.4) is 0 Å². The third kappa shape index (κ3) is 4.28. The maximum Gasteiger partial charge on any atom is 0.341 e.